The van der Waals surface area contributed by atoms with Crippen LogP contribution in [-0.2, 0) is 4.74 Å². The molecule has 0 aliphatic rings. The lowest BCUT2D eigenvalue weighted by Crippen LogP contribution is -2.03. The summed E-state index contributed by atoms with van der Waals surface area (Å²) in [7, 11) is 0. The maximum Gasteiger partial charge on any atom is 0.338 e. The smallest absolute Gasteiger partial charge is 0.338 e. The molecule has 0 fully saturated rings. The Morgan fingerprint density at radius 2 is 2.06 bits per heavy atom. The van der Waals surface area contributed by atoms with Crippen LogP contribution < -0.4 is 4.74 Å². The maximum atomic E-state index is 11.4. The molecule has 94 valence electrons. The number of benzene rings is 1. The second kappa shape index (κ2) is 5.35. The highest BCUT2D eigenvalue weighted by Crippen LogP contribution is 2.21. The fraction of sp³-hybridized carbons (Fsp3) is 0.231. The number of esters is 1. The molecule has 18 heavy (non-hydrogen) atoms. The van der Waals surface area contributed by atoms with Gasteiger partial charge in [-0.2, -0.15) is 0 Å². The predicted molar refractivity (Wildman–Crippen MR) is 63.7 cm³/mol. The van der Waals surface area contributed by atoms with Crippen LogP contribution in [-0.4, -0.2) is 17.7 Å². The number of ether oxygens (including phenoxy) is 2. The number of carbonyl (C=O) groups is 1. The largest absolute Gasteiger partial charge is 0.462 e. The second-order valence-corrected chi connectivity index (χ2v) is 3.62. The first-order valence-corrected chi connectivity index (χ1v) is 5.57. The molecule has 2 rings (SSSR count). The minimum Gasteiger partial charge on any atom is -0.462 e. The Hall–Kier alpha value is -2.30. The molecular weight excluding hydrogens is 234 g/mol. The van der Waals surface area contributed by atoms with Gasteiger partial charge in [0.2, 0.25) is 0 Å². The van der Waals surface area contributed by atoms with E-state index in [1.54, 1.807) is 44.2 Å². The normalized spacial score (nSPS) is 10.1. The Morgan fingerprint density at radius 3 is 2.61 bits per heavy atom. The SMILES string of the molecule is CCOC(=O)c1ccc(Oc2cc(C)on2)cc1. The van der Waals surface area contributed by atoms with Gasteiger partial charge in [0.15, 0.2) is 0 Å². The topological polar surface area (TPSA) is 61.6 Å². The van der Waals surface area contributed by atoms with Crippen molar-refractivity contribution in [2.45, 2.75) is 13.8 Å². The van der Waals surface area contributed by atoms with Crippen molar-refractivity contribution in [3.8, 4) is 11.6 Å². The molecule has 0 unspecified atom stereocenters. The zero-order valence-electron chi connectivity index (χ0n) is 10.2. The summed E-state index contributed by atoms with van der Waals surface area (Å²) in [6.07, 6.45) is 0. The molecule has 5 nitrogen and oxygen atoms in total. The summed E-state index contributed by atoms with van der Waals surface area (Å²) in [4.78, 5) is 11.4. The molecule has 0 atom stereocenters. The van der Waals surface area contributed by atoms with Crippen LogP contribution in [0.3, 0.4) is 0 Å². The summed E-state index contributed by atoms with van der Waals surface area (Å²) in [5, 5.41) is 3.71. The van der Waals surface area contributed by atoms with Gasteiger partial charge in [0.25, 0.3) is 5.88 Å². The van der Waals surface area contributed by atoms with Crippen molar-refractivity contribution in [3.63, 3.8) is 0 Å². The van der Waals surface area contributed by atoms with Crippen molar-refractivity contribution >= 4 is 5.97 Å². The van der Waals surface area contributed by atoms with E-state index in [-0.39, 0.29) is 5.97 Å². The third-order valence-electron chi connectivity index (χ3n) is 2.19. The van der Waals surface area contributed by atoms with Crippen molar-refractivity contribution < 1.29 is 18.8 Å². The molecule has 1 aromatic heterocycles. The number of hydrogen-bond acceptors (Lipinski definition) is 5. The number of carbonyl (C=O) groups excluding carboxylic acids is 1. The van der Waals surface area contributed by atoms with E-state index < -0.39 is 0 Å². The molecular formula is C13H13NO4. The number of aromatic nitrogens is 1. The quantitative estimate of drug-likeness (QED) is 0.777. The molecule has 0 radical (unpaired) electrons. The summed E-state index contributed by atoms with van der Waals surface area (Å²) in [6.45, 7) is 3.90. The highest BCUT2D eigenvalue weighted by molar-refractivity contribution is 5.89. The van der Waals surface area contributed by atoms with Crippen LogP contribution in [0.5, 0.6) is 11.6 Å². The van der Waals surface area contributed by atoms with Crippen LogP contribution >= 0.6 is 0 Å². The monoisotopic (exact) mass is 247 g/mol. The van der Waals surface area contributed by atoms with Gasteiger partial charge in [-0.1, -0.05) is 0 Å². The molecule has 1 aromatic carbocycles. The van der Waals surface area contributed by atoms with Gasteiger partial charge in [-0.05, 0) is 43.3 Å². The van der Waals surface area contributed by atoms with Crippen LogP contribution in [0, 0.1) is 6.92 Å². The number of rotatable bonds is 4. The van der Waals surface area contributed by atoms with Gasteiger partial charge in [0.05, 0.1) is 12.2 Å². The molecule has 0 amide bonds. The van der Waals surface area contributed by atoms with E-state index in [1.165, 1.54) is 0 Å². The Balaban J connectivity index is 2.05. The van der Waals surface area contributed by atoms with Gasteiger partial charge >= 0.3 is 5.97 Å². The van der Waals surface area contributed by atoms with Gasteiger partial charge in [-0.3, -0.25) is 0 Å². The lowest BCUT2D eigenvalue weighted by Gasteiger charge is -2.03. The standard InChI is InChI=1S/C13H13NO4/c1-3-16-13(15)10-4-6-11(7-5-10)17-12-8-9(2)18-14-12/h4-8H,3H2,1-2H3. The van der Waals surface area contributed by atoms with Gasteiger partial charge in [-0.25, -0.2) is 4.79 Å². The number of hydrogen-bond donors (Lipinski definition) is 0. The Morgan fingerprint density at radius 1 is 1.33 bits per heavy atom. The average Bonchev–Trinajstić information content (AvgIpc) is 2.76. The first kappa shape index (κ1) is 12.2. The first-order chi connectivity index (χ1) is 8.69. The van der Waals surface area contributed by atoms with E-state index >= 15 is 0 Å². The zero-order chi connectivity index (χ0) is 13.0. The molecule has 0 saturated carbocycles. The van der Waals surface area contributed by atoms with Crippen LogP contribution in [0.4, 0.5) is 0 Å². The fourth-order valence-corrected chi connectivity index (χ4v) is 1.39. The minimum absolute atomic E-state index is 0.346. The Kier molecular flexibility index (Phi) is 3.62. The Bertz CT molecular complexity index is 530. The first-order valence-electron chi connectivity index (χ1n) is 5.57. The third-order valence-corrected chi connectivity index (χ3v) is 2.19. The van der Waals surface area contributed by atoms with Crippen molar-refractivity contribution in [2.75, 3.05) is 6.61 Å². The predicted octanol–water partition coefficient (Wildman–Crippen LogP) is 2.95. The van der Waals surface area contributed by atoms with Crippen molar-refractivity contribution in [2.24, 2.45) is 0 Å². The van der Waals surface area contributed by atoms with Crippen molar-refractivity contribution in [3.05, 3.63) is 41.7 Å². The van der Waals surface area contributed by atoms with Crippen molar-refractivity contribution in [1.29, 1.82) is 0 Å². The summed E-state index contributed by atoms with van der Waals surface area (Å²) in [6, 6.07) is 8.31. The van der Waals surface area contributed by atoms with E-state index in [2.05, 4.69) is 5.16 Å². The minimum atomic E-state index is -0.346. The van der Waals surface area contributed by atoms with Gasteiger partial charge in [0.1, 0.15) is 11.5 Å². The molecule has 0 saturated heterocycles. The van der Waals surface area contributed by atoms with Gasteiger partial charge in [-0.15, -0.1) is 0 Å². The highest BCUT2D eigenvalue weighted by atomic mass is 16.5. The zero-order valence-corrected chi connectivity index (χ0v) is 10.2. The lowest BCUT2D eigenvalue weighted by molar-refractivity contribution is 0.0526. The van der Waals surface area contributed by atoms with Crippen LogP contribution in [0.25, 0.3) is 0 Å². The van der Waals surface area contributed by atoms with E-state index in [4.69, 9.17) is 14.0 Å². The van der Waals surface area contributed by atoms with E-state index in [9.17, 15) is 4.79 Å². The van der Waals surface area contributed by atoms with Crippen LogP contribution in [0.1, 0.15) is 23.0 Å². The molecule has 2 aromatic rings. The van der Waals surface area contributed by atoms with Gasteiger partial charge in [0, 0.05) is 6.07 Å². The van der Waals surface area contributed by atoms with E-state index in [0.29, 0.717) is 29.6 Å². The molecule has 0 aliphatic heterocycles. The summed E-state index contributed by atoms with van der Waals surface area (Å²) in [5.41, 5.74) is 0.487. The molecule has 0 N–H and O–H groups in total. The van der Waals surface area contributed by atoms with Crippen molar-refractivity contribution in [1.82, 2.24) is 5.16 Å². The summed E-state index contributed by atoms with van der Waals surface area (Å²) < 4.78 is 15.2. The number of aryl methyl sites for hydroxylation is 1. The highest BCUT2D eigenvalue weighted by Gasteiger charge is 2.07. The van der Waals surface area contributed by atoms with Crippen LogP contribution in [0.15, 0.2) is 34.9 Å². The fourth-order valence-electron chi connectivity index (χ4n) is 1.39. The summed E-state index contributed by atoms with van der Waals surface area (Å²) in [5.74, 6) is 1.29. The second-order valence-electron chi connectivity index (χ2n) is 3.62. The van der Waals surface area contributed by atoms with Crippen LogP contribution in [0.2, 0.25) is 0 Å². The maximum absolute atomic E-state index is 11.4. The third kappa shape index (κ3) is 2.88. The summed E-state index contributed by atoms with van der Waals surface area (Å²) >= 11 is 0. The van der Waals surface area contributed by atoms with E-state index in [1.807, 2.05) is 0 Å². The molecule has 0 spiro atoms. The average molecular weight is 247 g/mol. The Labute approximate surface area is 104 Å². The molecule has 5 heteroatoms. The van der Waals surface area contributed by atoms with E-state index in [0.717, 1.165) is 0 Å². The molecule has 0 bridgehead atoms. The molecule has 0 aliphatic carbocycles. The molecule has 1 heterocycles. The lowest BCUT2D eigenvalue weighted by atomic mass is 10.2. The number of nitrogens with zero attached hydrogens (tertiary/aromatic N) is 1. The van der Waals surface area contributed by atoms with Gasteiger partial charge < -0.3 is 14.0 Å².